The number of benzene rings is 2. The van der Waals surface area contributed by atoms with E-state index in [2.05, 4.69) is 22.8 Å². The molecule has 0 bridgehead atoms. The Kier molecular flexibility index (Phi) is 7.76. The monoisotopic (exact) mass is 492 g/mol. The SMILES string of the molecule is CCCCc1ccc(-n2c(SCC(=O)NNC(=O)c3cccs3)nc3ccccc3c2=O)cc1. The van der Waals surface area contributed by atoms with Gasteiger partial charge in [0.2, 0.25) is 5.91 Å². The van der Waals surface area contributed by atoms with Gasteiger partial charge in [0.05, 0.1) is 27.2 Å². The van der Waals surface area contributed by atoms with E-state index in [1.807, 2.05) is 30.3 Å². The molecule has 0 aliphatic rings. The van der Waals surface area contributed by atoms with Gasteiger partial charge >= 0.3 is 0 Å². The standard InChI is InChI=1S/C25H24N4O3S2/c1-2-3-7-17-11-13-18(14-12-17)29-24(32)19-8-4-5-9-20(19)26-25(29)34-16-22(30)27-28-23(31)21-10-6-15-33-21/h4-6,8-15H,2-3,7,16H2,1H3,(H,27,30)(H,28,31). The summed E-state index contributed by atoms with van der Waals surface area (Å²) in [4.78, 5) is 42.9. The highest BCUT2D eigenvalue weighted by molar-refractivity contribution is 7.99. The number of aromatic nitrogens is 2. The smallest absolute Gasteiger partial charge is 0.272 e. The predicted molar refractivity (Wildman–Crippen MR) is 137 cm³/mol. The van der Waals surface area contributed by atoms with Crippen LogP contribution in [0.15, 0.2) is 76.0 Å². The molecular formula is C25H24N4O3S2. The van der Waals surface area contributed by atoms with Crippen molar-refractivity contribution in [1.82, 2.24) is 20.4 Å². The molecule has 2 aromatic heterocycles. The van der Waals surface area contributed by atoms with E-state index in [0.717, 1.165) is 31.0 Å². The number of nitrogens with zero attached hydrogens (tertiary/aromatic N) is 2. The first kappa shape index (κ1) is 23.7. The first-order valence-corrected chi connectivity index (χ1v) is 12.8. The number of carbonyl (C=O) groups is 2. The minimum Gasteiger partial charge on any atom is -0.272 e. The number of unbranched alkanes of at least 4 members (excludes halogenated alkanes) is 1. The van der Waals surface area contributed by atoms with Gasteiger partial charge in [-0.15, -0.1) is 11.3 Å². The largest absolute Gasteiger partial charge is 0.279 e. The Labute approximate surface area is 205 Å². The molecule has 174 valence electrons. The third-order valence-corrected chi connectivity index (χ3v) is 6.96. The molecule has 2 amide bonds. The van der Waals surface area contributed by atoms with Crippen molar-refractivity contribution in [3.05, 3.63) is 86.8 Å². The normalized spacial score (nSPS) is 10.9. The molecule has 2 N–H and O–H groups in total. The maximum Gasteiger partial charge on any atom is 0.279 e. The van der Waals surface area contributed by atoms with E-state index < -0.39 is 5.91 Å². The van der Waals surface area contributed by atoms with Gasteiger partial charge < -0.3 is 0 Å². The predicted octanol–water partition coefficient (Wildman–Crippen LogP) is 4.34. The molecule has 0 saturated carbocycles. The fourth-order valence-corrected chi connectivity index (χ4v) is 4.82. The second-order valence-electron chi connectivity index (χ2n) is 7.59. The van der Waals surface area contributed by atoms with Gasteiger partial charge in [-0.3, -0.25) is 29.8 Å². The molecule has 0 spiro atoms. The molecule has 0 fully saturated rings. The number of hydrogen-bond donors (Lipinski definition) is 2. The number of thioether (sulfide) groups is 1. The molecule has 0 unspecified atom stereocenters. The van der Waals surface area contributed by atoms with Crippen LogP contribution in [0, 0.1) is 0 Å². The topological polar surface area (TPSA) is 93.1 Å². The zero-order valence-electron chi connectivity index (χ0n) is 18.6. The second kappa shape index (κ2) is 11.1. The van der Waals surface area contributed by atoms with Crippen molar-refractivity contribution in [3.63, 3.8) is 0 Å². The van der Waals surface area contributed by atoms with Crippen LogP contribution in [0.4, 0.5) is 0 Å². The van der Waals surface area contributed by atoms with E-state index in [1.54, 1.807) is 35.7 Å². The van der Waals surface area contributed by atoms with Gasteiger partial charge in [0, 0.05) is 0 Å². The van der Waals surface area contributed by atoms with E-state index in [1.165, 1.54) is 21.5 Å². The molecule has 4 aromatic rings. The van der Waals surface area contributed by atoms with Gasteiger partial charge in [0.15, 0.2) is 5.16 Å². The van der Waals surface area contributed by atoms with Crippen LogP contribution in [0.5, 0.6) is 0 Å². The Morgan fingerprint density at radius 3 is 2.56 bits per heavy atom. The molecule has 34 heavy (non-hydrogen) atoms. The summed E-state index contributed by atoms with van der Waals surface area (Å²) in [6, 6.07) is 18.5. The lowest BCUT2D eigenvalue weighted by Crippen LogP contribution is -2.42. The van der Waals surface area contributed by atoms with Gasteiger partial charge in [0.1, 0.15) is 0 Å². The van der Waals surface area contributed by atoms with Crippen LogP contribution >= 0.6 is 23.1 Å². The average Bonchev–Trinajstić information content (AvgIpc) is 3.41. The van der Waals surface area contributed by atoms with Gasteiger partial charge in [-0.2, -0.15) is 0 Å². The number of hydrazine groups is 1. The molecule has 0 atom stereocenters. The van der Waals surface area contributed by atoms with Crippen LogP contribution in [-0.4, -0.2) is 27.1 Å². The summed E-state index contributed by atoms with van der Waals surface area (Å²) in [6.07, 6.45) is 3.21. The number of hydrogen-bond acceptors (Lipinski definition) is 6. The van der Waals surface area contributed by atoms with Gasteiger partial charge in [0.25, 0.3) is 11.5 Å². The van der Waals surface area contributed by atoms with Crippen LogP contribution in [0.2, 0.25) is 0 Å². The number of carbonyl (C=O) groups excluding carboxylic acids is 2. The van der Waals surface area contributed by atoms with Crippen LogP contribution in [-0.2, 0) is 11.2 Å². The fourth-order valence-electron chi connectivity index (χ4n) is 3.39. The Morgan fingerprint density at radius 1 is 1.03 bits per heavy atom. The van der Waals surface area contributed by atoms with Gasteiger partial charge in [-0.1, -0.05) is 55.4 Å². The lowest BCUT2D eigenvalue weighted by atomic mass is 10.1. The Balaban J connectivity index is 1.55. The summed E-state index contributed by atoms with van der Waals surface area (Å²) in [6.45, 7) is 2.15. The van der Waals surface area contributed by atoms with Crippen molar-refractivity contribution >= 4 is 45.8 Å². The molecule has 2 heterocycles. The number of amides is 2. The molecule has 2 aromatic carbocycles. The second-order valence-corrected chi connectivity index (χ2v) is 9.48. The first-order valence-electron chi connectivity index (χ1n) is 10.9. The minimum atomic E-state index is -0.404. The molecule has 0 radical (unpaired) electrons. The highest BCUT2D eigenvalue weighted by Crippen LogP contribution is 2.22. The summed E-state index contributed by atoms with van der Waals surface area (Å²) in [7, 11) is 0. The Hall–Kier alpha value is -3.43. The number of aryl methyl sites for hydroxylation is 1. The van der Waals surface area contributed by atoms with Crippen molar-refractivity contribution in [2.75, 3.05) is 5.75 Å². The zero-order chi connectivity index (χ0) is 23.9. The summed E-state index contributed by atoms with van der Waals surface area (Å²) in [5.41, 5.74) is 7.09. The third kappa shape index (κ3) is 5.55. The van der Waals surface area contributed by atoms with Crippen molar-refractivity contribution in [2.45, 2.75) is 31.3 Å². The van der Waals surface area contributed by atoms with E-state index in [-0.39, 0.29) is 17.2 Å². The van der Waals surface area contributed by atoms with Crippen LogP contribution in [0.1, 0.15) is 35.0 Å². The van der Waals surface area contributed by atoms with Crippen molar-refractivity contribution in [1.29, 1.82) is 0 Å². The number of fused-ring (bicyclic) bond motifs is 1. The Bertz CT molecular complexity index is 1350. The summed E-state index contributed by atoms with van der Waals surface area (Å²) < 4.78 is 1.54. The van der Waals surface area contributed by atoms with E-state index >= 15 is 0 Å². The van der Waals surface area contributed by atoms with Crippen LogP contribution in [0.25, 0.3) is 16.6 Å². The summed E-state index contributed by atoms with van der Waals surface area (Å²) in [5.74, 6) is -0.805. The molecule has 9 heteroatoms. The van der Waals surface area contributed by atoms with Crippen LogP contribution < -0.4 is 16.4 Å². The summed E-state index contributed by atoms with van der Waals surface area (Å²) in [5, 5.41) is 2.70. The molecule has 0 saturated heterocycles. The lowest BCUT2D eigenvalue weighted by molar-refractivity contribution is -0.119. The number of nitrogens with one attached hydrogen (secondary N) is 2. The molecular weight excluding hydrogens is 468 g/mol. The van der Waals surface area contributed by atoms with Crippen molar-refractivity contribution in [3.8, 4) is 5.69 Å². The molecule has 0 aliphatic heterocycles. The minimum absolute atomic E-state index is 0.0237. The van der Waals surface area contributed by atoms with E-state index in [0.29, 0.717) is 26.6 Å². The zero-order valence-corrected chi connectivity index (χ0v) is 20.2. The average molecular weight is 493 g/mol. The maximum absolute atomic E-state index is 13.4. The third-order valence-electron chi connectivity index (χ3n) is 5.15. The maximum atomic E-state index is 13.4. The number of thiophene rings is 1. The molecule has 7 nitrogen and oxygen atoms in total. The van der Waals surface area contributed by atoms with E-state index in [9.17, 15) is 14.4 Å². The van der Waals surface area contributed by atoms with E-state index in [4.69, 9.17) is 0 Å². The van der Waals surface area contributed by atoms with Crippen molar-refractivity contribution in [2.24, 2.45) is 0 Å². The number of para-hydroxylation sites is 1. The molecule has 4 rings (SSSR count). The number of rotatable bonds is 8. The van der Waals surface area contributed by atoms with Crippen LogP contribution in [0.3, 0.4) is 0 Å². The van der Waals surface area contributed by atoms with Gasteiger partial charge in [-0.25, -0.2) is 4.98 Å². The summed E-state index contributed by atoms with van der Waals surface area (Å²) >= 11 is 2.42. The lowest BCUT2D eigenvalue weighted by Gasteiger charge is -2.14. The fraction of sp³-hybridized carbons (Fsp3) is 0.200. The highest BCUT2D eigenvalue weighted by Gasteiger charge is 2.15. The first-order chi connectivity index (χ1) is 16.6. The Morgan fingerprint density at radius 2 is 1.82 bits per heavy atom. The van der Waals surface area contributed by atoms with Crippen molar-refractivity contribution < 1.29 is 9.59 Å². The quantitative estimate of drug-likeness (QED) is 0.217. The molecule has 0 aliphatic carbocycles. The van der Waals surface area contributed by atoms with Gasteiger partial charge in [-0.05, 0) is 54.1 Å². The highest BCUT2D eigenvalue weighted by atomic mass is 32.2.